The molecule has 0 spiro atoms. The summed E-state index contributed by atoms with van der Waals surface area (Å²) in [6, 6.07) is 36.7. The highest BCUT2D eigenvalue weighted by Crippen LogP contribution is 2.39. The van der Waals surface area contributed by atoms with Crippen LogP contribution in [0, 0.1) is 0 Å². The number of fused-ring (bicyclic) bond motifs is 1. The number of hydrogen-bond acceptors (Lipinski definition) is 3. The van der Waals surface area contributed by atoms with Gasteiger partial charge >= 0.3 is 0 Å². The van der Waals surface area contributed by atoms with Gasteiger partial charge in [-0.3, -0.25) is 4.57 Å². The molecular weight excluding hydrogens is 490 g/mol. The lowest BCUT2D eigenvalue weighted by molar-refractivity contribution is 0.477. The van der Waals surface area contributed by atoms with Crippen LogP contribution in [0.4, 0.5) is 0 Å². The molecule has 0 aliphatic rings. The summed E-state index contributed by atoms with van der Waals surface area (Å²) in [5.41, 5.74) is 10.0. The molecule has 0 aliphatic heterocycles. The fourth-order valence-electron chi connectivity index (χ4n) is 5.51. The molecule has 4 aromatic carbocycles. The number of hydrogen-bond donors (Lipinski definition) is 1. The molecule has 4 nitrogen and oxygen atoms in total. The summed E-state index contributed by atoms with van der Waals surface area (Å²) in [7, 11) is 0. The van der Waals surface area contributed by atoms with Crippen molar-refractivity contribution in [1.29, 1.82) is 0 Å². The second-order valence-electron chi connectivity index (χ2n) is 10.8. The molecule has 2 heterocycles. The first kappa shape index (κ1) is 25.6. The Labute approximate surface area is 235 Å². The highest BCUT2D eigenvalue weighted by Gasteiger charge is 2.23. The SMILES string of the molecule is CC(C)c1cccc(C(C)C)c1-n1c(-c2ccccc2)nc2c(-c3cccc(-c4ccccc4O)n3)cccc21. The maximum absolute atomic E-state index is 10.5. The number of para-hydroxylation sites is 3. The number of phenolic OH excluding ortho intramolecular Hbond substituents is 1. The summed E-state index contributed by atoms with van der Waals surface area (Å²) < 4.78 is 2.35. The molecule has 6 aromatic rings. The van der Waals surface area contributed by atoms with E-state index in [4.69, 9.17) is 9.97 Å². The Morgan fingerprint density at radius 2 is 1.15 bits per heavy atom. The van der Waals surface area contributed by atoms with Gasteiger partial charge in [0.2, 0.25) is 0 Å². The molecule has 0 saturated heterocycles. The first-order valence-corrected chi connectivity index (χ1v) is 13.9. The van der Waals surface area contributed by atoms with E-state index in [-0.39, 0.29) is 5.75 Å². The van der Waals surface area contributed by atoms with Crippen molar-refractivity contribution >= 4 is 11.0 Å². The Kier molecular flexibility index (Phi) is 6.69. The van der Waals surface area contributed by atoms with E-state index in [0.717, 1.165) is 39.4 Å². The largest absolute Gasteiger partial charge is 0.507 e. The minimum atomic E-state index is 0.215. The second kappa shape index (κ2) is 10.5. The normalized spacial score (nSPS) is 11.6. The van der Waals surface area contributed by atoms with Crippen molar-refractivity contribution in [2.45, 2.75) is 39.5 Å². The maximum atomic E-state index is 10.5. The Balaban J connectivity index is 1.66. The fourth-order valence-corrected chi connectivity index (χ4v) is 5.51. The Bertz CT molecular complexity index is 1790. The van der Waals surface area contributed by atoms with Crippen molar-refractivity contribution in [3.63, 3.8) is 0 Å². The second-order valence-corrected chi connectivity index (χ2v) is 10.8. The van der Waals surface area contributed by atoms with Crippen molar-refractivity contribution < 1.29 is 5.11 Å². The Morgan fingerprint density at radius 1 is 0.575 bits per heavy atom. The molecule has 40 heavy (non-hydrogen) atoms. The zero-order valence-corrected chi connectivity index (χ0v) is 23.3. The first-order chi connectivity index (χ1) is 19.4. The highest BCUT2D eigenvalue weighted by molar-refractivity contribution is 5.95. The maximum Gasteiger partial charge on any atom is 0.145 e. The van der Waals surface area contributed by atoms with Gasteiger partial charge in [-0.05, 0) is 53.3 Å². The third-order valence-electron chi connectivity index (χ3n) is 7.49. The topological polar surface area (TPSA) is 50.9 Å². The average Bonchev–Trinajstić information content (AvgIpc) is 3.37. The van der Waals surface area contributed by atoms with Crippen LogP contribution in [0.15, 0.2) is 109 Å². The van der Waals surface area contributed by atoms with Gasteiger partial charge in [-0.25, -0.2) is 9.97 Å². The van der Waals surface area contributed by atoms with E-state index in [1.165, 1.54) is 16.8 Å². The molecule has 0 fully saturated rings. The monoisotopic (exact) mass is 523 g/mol. The Hall–Kier alpha value is -4.70. The molecule has 0 aliphatic carbocycles. The van der Waals surface area contributed by atoms with Gasteiger partial charge in [0, 0.05) is 16.7 Å². The van der Waals surface area contributed by atoms with Crippen LogP contribution < -0.4 is 0 Å². The van der Waals surface area contributed by atoms with E-state index in [1.807, 2.05) is 42.5 Å². The van der Waals surface area contributed by atoms with Gasteiger partial charge in [0.1, 0.15) is 11.6 Å². The van der Waals surface area contributed by atoms with Crippen molar-refractivity contribution in [2.24, 2.45) is 0 Å². The minimum Gasteiger partial charge on any atom is -0.507 e. The summed E-state index contributed by atoms with van der Waals surface area (Å²) in [4.78, 5) is 10.3. The summed E-state index contributed by atoms with van der Waals surface area (Å²) in [5, 5.41) is 10.5. The average molecular weight is 524 g/mol. The zero-order valence-electron chi connectivity index (χ0n) is 23.3. The lowest BCUT2D eigenvalue weighted by atomic mass is 9.92. The summed E-state index contributed by atoms with van der Waals surface area (Å²) in [5.74, 6) is 1.81. The zero-order chi connectivity index (χ0) is 27.8. The smallest absolute Gasteiger partial charge is 0.145 e. The van der Waals surface area contributed by atoms with Crippen LogP contribution >= 0.6 is 0 Å². The van der Waals surface area contributed by atoms with Crippen LogP contribution in [0.25, 0.3) is 50.6 Å². The molecule has 0 unspecified atom stereocenters. The first-order valence-electron chi connectivity index (χ1n) is 13.9. The van der Waals surface area contributed by atoms with Crippen LogP contribution in [0.1, 0.15) is 50.7 Å². The lowest BCUT2D eigenvalue weighted by Crippen LogP contribution is -2.08. The molecule has 0 amide bonds. The van der Waals surface area contributed by atoms with Crippen molar-refractivity contribution in [1.82, 2.24) is 14.5 Å². The molecule has 2 aromatic heterocycles. The van der Waals surface area contributed by atoms with Crippen molar-refractivity contribution in [3.8, 4) is 45.3 Å². The minimum absolute atomic E-state index is 0.215. The van der Waals surface area contributed by atoms with Gasteiger partial charge in [0.25, 0.3) is 0 Å². The van der Waals surface area contributed by atoms with Gasteiger partial charge in [-0.2, -0.15) is 0 Å². The standard InChI is InChI=1S/C36H33N3O/c1-23(2)26-16-10-17-27(24(3)4)35(26)39-32-21-11-18-29(34(32)38-36(39)25-13-6-5-7-14-25)31-20-12-19-30(37-31)28-15-8-9-22-33(28)40/h5-24,40H,1-4H3. The van der Waals surface area contributed by atoms with Gasteiger partial charge in [-0.1, -0.05) is 107 Å². The number of phenols is 1. The van der Waals surface area contributed by atoms with Gasteiger partial charge in [0.15, 0.2) is 0 Å². The number of benzene rings is 4. The third-order valence-corrected chi connectivity index (χ3v) is 7.49. The summed E-state index contributed by atoms with van der Waals surface area (Å²) in [6.45, 7) is 9.02. The third kappa shape index (κ3) is 4.46. The number of nitrogens with zero attached hydrogens (tertiary/aromatic N) is 3. The van der Waals surface area contributed by atoms with Crippen LogP contribution in [-0.2, 0) is 0 Å². The van der Waals surface area contributed by atoms with Crippen LogP contribution in [0.2, 0.25) is 0 Å². The van der Waals surface area contributed by atoms with E-state index < -0.39 is 0 Å². The van der Waals surface area contributed by atoms with Gasteiger partial charge < -0.3 is 5.11 Å². The van der Waals surface area contributed by atoms with Crippen LogP contribution in [0.5, 0.6) is 5.75 Å². The molecule has 0 saturated carbocycles. The van der Waals surface area contributed by atoms with Crippen molar-refractivity contribution in [2.75, 3.05) is 0 Å². The van der Waals surface area contributed by atoms with Crippen LogP contribution in [0.3, 0.4) is 0 Å². The van der Waals surface area contributed by atoms with E-state index in [9.17, 15) is 5.11 Å². The highest BCUT2D eigenvalue weighted by atomic mass is 16.3. The predicted molar refractivity (Wildman–Crippen MR) is 165 cm³/mol. The molecule has 1 N–H and O–H groups in total. The Morgan fingerprint density at radius 3 is 1.82 bits per heavy atom. The number of aromatic nitrogens is 3. The number of rotatable bonds is 6. The number of imidazole rings is 1. The number of aromatic hydroxyl groups is 1. The fraction of sp³-hybridized carbons (Fsp3) is 0.167. The van der Waals surface area contributed by atoms with E-state index in [1.54, 1.807) is 6.07 Å². The lowest BCUT2D eigenvalue weighted by Gasteiger charge is -2.22. The van der Waals surface area contributed by atoms with E-state index >= 15 is 0 Å². The quantitative estimate of drug-likeness (QED) is 0.237. The molecule has 6 rings (SSSR count). The summed E-state index contributed by atoms with van der Waals surface area (Å²) in [6.07, 6.45) is 0. The molecule has 198 valence electrons. The van der Waals surface area contributed by atoms with E-state index in [0.29, 0.717) is 17.4 Å². The van der Waals surface area contributed by atoms with Crippen LogP contribution in [-0.4, -0.2) is 19.6 Å². The van der Waals surface area contributed by atoms with Crippen molar-refractivity contribution in [3.05, 3.63) is 120 Å². The molecular formula is C36H33N3O. The number of pyridine rings is 1. The molecule has 0 radical (unpaired) electrons. The molecule has 4 heteroatoms. The molecule has 0 bridgehead atoms. The molecule has 0 atom stereocenters. The predicted octanol–water partition coefficient (Wildman–Crippen LogP) is 9.37. The van der Waals surface area contributed by atoms with E-state index in [2.05, 4.69) is 92.9 Å². The van der Waals surface area contributed by atoms with Gasteiger partial charge in [-0.15, -0.1) is 0 Å². The summed E-state index contributed by atoms with van der Waals surface area (Å²) >= 11 is 0. The van der Waals surface area contributed by atoms with Gasteiger partial charge in [0.05, 0.1) is 28.1 Å².